The van der Waals surface area contributed by atoms with Crippen molar-refractivity contribution in [3.05, 3.63) is 12.7 Å². The number of allylic oxidation sites excluding steroid dienone is 1. The molecule has 0 amide bonds. The lowest BCUT2D eigenvalue weighted by atomic mass is 9.92. The highest BCUT2D eigenvalue weighted by Crippen LogP contribution is 2.54. The minimum absolute atomic E-state index is 0.881. The molecule has 0 nitrogen and oxygen atoms in total. The highest BCUT2D eigenvalue weighted by atomic mass is 14.5. The zero-order chi connectivity index (χ0) is 11.0. The van der Waals surface area contributed by atoms with E-state index < -0.39 is 0 Å². The number of hydrogen-bond donors (Lipinski definition) is 0. The van der Waals surface area contributed by atoms with Crippen LogP contribution in [0.1, 0.15) is 46.5 Å². The molecule has 0 spiro atoms. The van der Waals surface area contributed by atoms with Gasteiger partial charge in [0.1, 0.15) is 0 Å². The summed E-state index contributed by atoms with van der Waals surface area (Å²) in [6.45, 7) is 11.1. The Bertz CT molecular complexity index is 230. The number of hydrogen-bond acceptors (Lipinski definition) is 0. The van der Waals surface area contributed by atoms with Crippen molar-refractivity contribution in [2.24, 2.45) is 35.5 Å². The molecule has 15 heavy (non-hydrogen) atoms. The fourth-order valence-electron chi connectivity index (χ4n) is 3.36. The van der Waals surface area contributed by atoms with Gasteiger partial charge >= 0.3 is 0 Å². The van der Waals surface area contributed by atoms with Crippen molar-refractivity contribution in [3.63, 3.8) is 0 Å². The first kappa shape index (κ1) is 11.2. The lowest BCUT2D eigenvalue weighted by Gasteiger charge is -2.13. The van der Waals surface area contributed by atoms with Gasteiger partial charge in [-0.05, 0) is 61.2 Å². The van der Waals surface area contributed by atoms with Gasteiger partial charge in [0.15, 0.2) is 0 Å². The Labute approximate surface area is 95.1 Å². The van der Waals surface area contributed by atoms with E-state index in [-0.39, 0.29) is 0 Å². The highest BCUT2D eigenvalue weighted by molar-refractivity contribution is 4.96. The highest BCUT2D eigenvalue weighted by Gasteiger charge is 2.45. The van der Waals surface area contributed by atoms with Gasteiger partial charge < -0.3 is 0 Å². The van der Waals surface area contributed by atoms with E-state index in [1.807, 2.05) is 0 Å². The average molecular weight is 206 g/mol. The molecule has 0 aromatic rings. The minimum atomic E-state index is 0.881. The third kappa shape index (κ3) is 2.65. The van der Waals surface area contributed by atoms with Gasteiger partial charge in [0.25, 0.3) is 0 Å². The van der Waals surface area contributed by atoms with E-state index in [9.17, 15) is 0 Å². The molecule has 0 radical (unpaired) electrons. The Morgan fingerprint density at radius 3 is 2.33 bits per heavy atom. The zero-order valence-corrected chi connectivity index (χ0v) is 10.6. The SMILES string of the molecule is C=CCC(C)C1CC1C(C)CC1CC1C. The second kappa shape index (κ2) is 4.31. The quantitative estimate of drug-likeness (QED) is 0.561. The monoisotopic (exact) mass is 206 g/mol. The number of rotatable bonds is 6. The maximum atomic E-state index is 3.85. The van der Waals surface area contributed by atoms with Crippen LogP contribution in [0.2, 0.25) is 0 Å². The van der Waals surface area contributed by atoms with Crippen molar-refractivity contribution >= 4 is 0 Å². The first-order valence-corrected chi connectivity index (χ1v) is 6.74. The van der Waals surface area contributed by atoms with Crippen molar-refractivity contribution in [1.82, 2.24) is 0 Å². The standard InChI is InChI=1S/C15H26/c1-5-6-10(2)14-9-15(14)12(4)8-13-7-11(13)3/h5,10-15H,1,6-9H2,2-4H3. The Hall–Kier alpha value is -0.260. The molecule has 2 saturated carbocycles. The average Bonchev–Trinajstić information content (AvgIpc) is 3.03. The van der Waals surface area contributed by atoms with E-state index in [1.54, 1.807) is 0 Å². The van der Waals surface area contributed by atoms with E-state index in [2.05, 4.69) is 33.4 Å². The molecule has 0 aromatic carbocycles. The first-order valence-electron chi connectivity index (χ1n) is 6.74. The van der Waals surface area contributed by atoms with Gasteiger partial charge in [-0.2, -0.15) is 0 Å². The van der Waals surface area contributed by atoms with E-state index in [1.165, 1.54) is 25.7 Å². The van der Waals surface area contributed by atoms with Gasteiger partial charge in [0, 0.05) is 0 Å². The molecule has 0 aromatic heterocycles. The Balaban J connectivity index is 1.70. The molecule has 6 atom stereocenters. The van der Waals surface area contributed by atoms with Crippen molar-refractivity contribution in [2.75, 3.05) is 0 Å². The van der Waals surface area contributed by atoms with Gasteiger partial charge in [0.05, 0.1) is 0 Å². The van der Waals surface area contributed by atoms with Crippen LogP contribution in [0, 0.1) is 35.5 Å². The third-order valence-electron chi connectivity index (χ3n) is 4.84. The van der Waals surface area contributed by atoms with Gasteiger partial charge in [-0.25, -0.2) is 0 Å². The molecule has 0 saturated heterocycles. The summed E-state index contributed by atoms with van der Waals surface area (Å²) in [6, 6.07) is 0. The molecule has 0 aliphatic heterocycles. The van der Waals surface area contributed by atoms with Crippen LogP contribution in [0.15, 0.2) is 12.7 Å². The Morgan fingerprint density at radius 2 is 1.80 bits per heavy atom. The zero-order valence-electron chi connectivity index (χ0n) is 10.6. The fourth-order valence-corrected chi connectivity index (χ4v) is 3.36. The van der Waals surface area contributed by atoms with Crippen molar-refractivity contribution in [3.8, 4) is 0 Å². The van der Waals surface area contributed by atoms with Gasteiger partial charge in [-0.3, -0.25) is 0 Å². The summed E-state index contributed by atoms with van der Waals surface area (Å²) in [5, 5.41) is 0. The van der Waals surface area contributed by atoms with Crippen molar-refractivity contribution in [1.29, 1.82) is 0 Å². The third-order valence-corrected chi connectivity index (χ3v) is 4.84. The van der Waals surface area contributed by atoms with Crippen molar-refractivity contribution < 1.29 is 0 Å². The topological polar surface area (TPSA) is 0 Å². The molecule has 86 valence electrons. The van der Waals surface area contributed by atoms with E-state index in [4.69, 9.17) is 0 Å². The van der Waals surface area contributed by atoms with E-state index >= 15 is 0 Å². The van der Waals surface area contributed by atoms with Crippen LogP contribution in [-0.2, 0) is 0 Å². The first-order chi connectivity index (χ1) is 7.13. The summed E-state index contributed by atoms with van der Waals surface area (Å²) in [4.78, 5) is 0. The van der Waals surface area contributed by atoms with Crippen LogP contribution in [0.3, 0.4) is 0 Å². The summed E-state index contributed by atoms with van der Waals surface area (Å²) >= 11 is 0. The van der Waals surface area contributed by atoms with Gasteiger partial charge in [-0.1, -0.05) is 26.8 Å². The second-order valence-electron chi connectivity index (χ2n) is 6.25. The second-order valence-corrected chi connectivity index (χ2v) is 6.25. The van der Waals surface area contributed by atoms with Crippen LogP contribution >= 0.6 is 0 Å². The predicted octanol–water partition coefficient (Wildman–Crippen LogP) is 4.52. The summed E-state index contributed by atoms with van der Waals surface area (Å²) in [7, 11) is 0. The molecule has 2 aliphatic carbocycles. The molecule has 0 heteroatoms. The Kier molecular flexibility index (Phi) is 3.23. The molecule has 2 rings (SSSR count). The van der Waals surface area contributed by atoms with E-state index in [0.29, 0.717) is 0 Å². The van der Waals surface area contributed by atoms with Gasteiger partial charge in [0.2, 0.25) is 0 Å². The molecule has 6 unspecified atom stereocenters. The normalized spacial score (nSPS) is 42.1. The Morgan fingerprint density at radius 1 is 1.20 bits per heavy atom. The molecule has 0 N–H and O–H groups in total. The molecular formula is C15H26. The van der Waals surface area contributed by atoms with Crippen LogP contribution in [0.25, 0.3) is 0 Å². The molecule has 2 fully saturated rings. The minimum Gasteiger partial charge on any atom is -0.103 e. The lowest BCUT2D eigenvalue weighted by molar-refractivity contribution is 0.372. The summed E-state index contributed by atoms with van der Waals surface area (Å²) in [5.74, 6) is 6.05. The smallest absolute Gasteiger partial charge is 0.0325 e. The summed E-state index contributed by atoms with van der Waals surface area (Å²) < 4.78 is 0. The fraction of sp³-hybridized carbons (Fsp3) is 0.867. The largest absolute Gasteiger partial charge is 0.103 e. The van der Waals surface area contributed by atoms with Crippen LogP contribution in [0.4, 0.5) is 0 Å². The summed E-state index contributed by atoms with van der Waals surface area (Å²) in [6.07, 6.45) is 7.81. The van der Waals surface area contributed by atoms with Crippen LogP contribution < -0.4 is 0 Å². The maximum Gasteiger partial charge on any atom is -0.0325 e. The van der Waals surface area contributed by atoms with Gasteiger partial charge in [-0.15, -0.1) is 6.58 Å². The predicted molar refractivity (Wildman–Crippen MR) is 66.6 cm³/mol. The van der Waals surface area contributed by atoms with Crippen LogP contribution in [-0.4, -0.2) is 0 Å². The van der Waals surface area contributed by atoms with Crippen LogP contribution in [0.5, 0.6) is 0 Å². The molecule has 0 bridgehead atoms. The summed E-state index contributed by atoms with van der Waals surface area (Å²) in [5.41, 5.74) is 0. The molecular weight excluding hydrogens is 180 g/mol. The van der Waals surface area contributed by atoms with E-state index in [0.717, 1.165) is 35.5 Å². The van der Waals surface area contributed by atoms with Crippen molar-refractivity contribution in [2.45, 2.75) is 46.5 Å². The lowest BCUT2D eigenvalue weighted by Crippen LogP contribution is -2.05. The maximum absolute atomic E-state index is 3.85. The molecule has 2 aliphatic rings. The molecule has 0 heterocycles.